The van der Waals surface area contributed by atoms with E-state index in [0.29, 0.717) is 0 Å². The summed E-state index contributed by atoms with van der Waals surface area (Å²) >= 11 is 0. The van der Waals surface area contributed by atoms with Crippen molar-refractivity contribution in [3.63, 3.8) is 0 Å². The van der Waals surface area contributed by atoms with Crippen LogP contribution in [0.4, 0.5) is 0 Å². The minimum atomic E-state index is -0.140. The van der Waals surface area contributed by atoms with E-state index in [4.69, 9.17) is 9.73 Å². The van der Waals surface area contributed by atoms with Gasteiger partial charge in [-0.15, -0.1) is 0 Å². The molecule has 266 valence electrons. The molecule has 3 aliphatic rings. The van der Waals surface area contributed by atoms with Crippen LogP contribution in [0.15, 0.2) is 193 Å². The molecule has 0 saturated carbocycles. The van der Waals surface area contributed by atoms with Crippen LogP contribution in [0.1, 0.15) is 47.7 Å². The fraction of sp³-hybridized carbons (Fsp3) is 0.0755. The number of benzene rings is 8. The van der Waals surface area contributed by atoms with E-state index < -0.39 is 0 Å². The molecular weight excluding hydrogens is 681 g/mol. The van der Waals surface area contributed by atoms with Gasteiger partial charge in [0.15, 0.2) is 5.76 Å². The molecule has 56 heavy (non-hydrogen) atoms. The molecule has 1 aliphatic carbocycles. The molecular formula is C53H38N2O. The number of hydrogen-bond donors (Lipinski definition) is 1. The van der Waals surface area contributed by atoms with Crippen molar-refractivity contribution in [2.75, 3.05) is 0 Å². The lowest BCUT2D eigenvalue weighted by Gasteiger charge is -2.24. The molecule has 1 unspecified atom stereocenters. The average molecular weight is 719 g/mol. The quantitative estimate of drug-likeness (QED) is 0.192. The number of fused-ring (bicyclic) bond motifs is 7. The van der Waals surface area contributed by atoms with Crippen LogP contribution in [0.3, 0.4) is 0 Å². The van der Waals surface area contributed by atoms with Crippen LogP contribution in [0, 0.1) is 0 Å². The van der Waals surface area contributed by atoms with Crippen molar-refractivity contribution in [3.8, 4) is 50.3 Å². The number of nitrogens with one attached hydrogen (secondary N) is 1. The second kappa shape index (κ2) is 12.5. The Morgan fingerprint density at radius 1 is 0.500 bits per heavy atom. The van der Waals surface area contributed by atoms with Crippen molar-refractivity contribution in [1.82, 2.24) is 5.32 Å². The summed E-state index contributed by atoms with van der Waals surface area (Å²) in [5.74, 6) is 2.56. The first-order valence-electron chi connectivity index (χ1n) is 19.4. The zero-order valence-electron chi connectivity index (χ0n) is 31.3. The monoisotopic (exact) mass is 718 g/mol. The normalized spacial score (nSPS) is 16.0. The molecule has 0 radical (unpaired) electrons. The number of aliphatic imine (C=N–C) groups is 1. The van der Waals surface area contributed by atoms with E-state index in [1.807, 2.05) is 30.3 Å². The predicted octanol–water partition coefficient (Wildman–Crippen LogP) is 13.0. The molecule has 0 saturated heterocycles. The predicted molar refractivity (Wildman–Crippen MR) is 231 cm³/mol. The zero-order valence-corrected chi connectivity index (χ0v) is 31.3. The Morgan fingerprint density at radius 2 is 1.09 bits per heavy atom. The molecule has 3 nitrogen and oxygen atoms in total. The largest absolute Gasteiger partial charge is 0.456 e. The lowest BCUT2D eigenvalue weighted by Crippen LogP contribution is -2.33. The molecule has 0 spiro atoms. The third kappa shape index (κ3) is 5.08. The summed E-state index contributed by atoms with van der Waals surface area (Å²) in [6.07, 6.45) is 0. The number of ether oxygens (including phenoxy) is 1. The van der Waals surface area contributed by atoms with Crippen molar-refractivity contribution >= 4 is 22.3 Å². The van der Waals surface area contributed by atoms with Crippen molar-refractivity contribution in [2.24, 2.45) is 4.99 Å². The molecule has 8 aromatic carbocycles. The van der Waals surface area contributed by atoms with Gasteiger partial charge in [0, 0.05) is 22.1 Å². The van der Waals surface area contributed by atoms with Gasteiger partial charge in [-0.25, -0.2) is 4.99 Å². The molecule has 3 heteroatoms. The van der Waals surface area contributed by atoms with Gasteiger partial charge in [-0.3, -0.25) is 0 Å². The zero-order chi connectivity index (χ0) is 37.4. The van der Waals surface area contributed by atoms with Gasteiger partial charge >= 0.3 is 0 Å². The Kier molecular flexibility index (Phi) is 7.27. The summed E-state index contributed by atoms with van der Waals surface area (Å²) in [5, 5.41) is 6.23. The van der Waals surface area contributed by atoms with Gasteiger partial charge in [0.1, 0.15) is 23.3 Å². The van der Waals surface area contributed by atoms with Crippen molar-refractivity contribution in [3.05, 3.63) is 216 Å². The highest BCUT2D eigenvalue weighted by Crippen LogP contribution is 2.55. The highest BCUT2D eigenvalue weighted by Gasteiger charge is 2.39. The Morgan fingerprint density at radius 3 is 1.82 bits per heavy atom. The minimum absolute atomic E-state index is 0.0920. The Bertz CT molecular complexity index is 2900. The van der Waals surface area contributed by atoms with Crippen LogP contribution in [0.25, 0.3) is 61.0 Å². The lowest BCUT2D eigenvalue weighted by molar-refractivity contribution is 0.420. The fourth-order valence-electron chi connectivity index (χ4n) is 9.05. The van der Waals surface area contributed by atoms with Gasteiger partial charge in [0.25, 0.3) is 0 Å². The van der Waals surface area contributed by atoms with E-state index in [1.165, 1.54) is 60.8 Å². The van der Waals surface area contributed by atoms with Gasteiger partial charge in [-0.05, 0) is 84.6 Å². The van der Waals surface area contributed by atoms with Crippen LogP contribution in [0.5, 0.6) is 5.75 Å². The molecule has 2 aliphatic heterocycles. The Balaban J connectivity index is 0.922. The minimum Gasteiger partial charge on any atom is -0.456 e. The topological polar surface area (TPSA) is 33.6 Å². The van der Waals surface area contributed by atoms with Gasteiger partial charge in [-0.2, -0.15) is 0 Å². The van der Waals surface area contributed by atoms with Crippen LogP contribution in [0.2, 0.25) is 0 Å². The molecule has 11 rings (SSSR count). The molecule has 2 heterocycles. The molecule has 0 bridgehead atoms. The van der Waals surface area contributed by atoms with E-state index in [2.05, 4.69) is 171 Å². The highest BCUT2D eigenvalue weighted by atomic mass is 16.5. The van der Waals surface area contributed by atoms with E-state index in [0.717, 1.165) is 45.3 Å². The van der Waals surface area contributed by atoms with Gasteiger partial charge < -0.3 is 10.1 Å². The third-order valence-electron chi connectivity index (χ3n) is 12.0. The molecule has 1 atom stereocenters. The fourth-order valence-corrected chi connectivity index (χ4v) is 9.05. The smallest absolute Gasteiger partial charge is 0.157 e. The van der Waals surface area contributed by atoms with E-state index in [-0.39, 0.29) is 11.5 Å². The van der Waals surface area contributed by atoms with Gasteiger partial charge in [0.2, 0.25) is 0 Å². The Labute approximate surface area is 327 Å². The molecule has 1 N–H and O–H groups in total. The first kappa shape index (κ1) is 32.5. The van der Waals surface area contributed by atoms with Crippen molar-refractivity contribution in [1.29, 1.82) is 0 Å². The summed E-state index contributed by atoms with van der Waals surface area (Å²) in [4.78, 5) is 5.14. The average Bonchev–Trinajstić information content (AvgIpc) is 3.74. The maximum absolute atomic E-state index is 6.44. The molecule has 0 aromatic heterocycles. The van der Waals surface area contributed by atoms with Crippen LogP contribution < -0.4 is 10.1 Å². The SMILES string of the molecule is CC1(C)c2cc(-c3ccc(-c4ccc(C5=C6Oc7ccccc7C6NC(c6ccccc6)=N5)cc4)cc3)ccc2-c2c1cc1ccccc1c2-c1ccccc1. The summed E-state index contributed by atoms with van der Waals surface area (Å²) in [7, 11) is 0. The number of amidine groups is 1. The van der Waals surface area contributed by atoms with Gasteiger partial charge in [-0.1, -0.05) is 178 Å². The van der Waals surface area contributed by atoms with Crippen LogP contribution >= 0.6 is 0 Å². The number of para-hydroxylation sites is 1. The van der Waals surface area contributed by atoms with Crippen molar-refractivity contribution in [2.45, 2.75) is 25.3 Å². The summed E-state index contributed by atoms with van der Waals surface area (Å²) < 4.78 is 6.44. The molecule has 8 aromatic rings. The van der Waals surface area contributed by atoms with E-state index in [9.17, 15) is 0 Å². The number of nitrogens with zero attached hydrogens (tertiary/aromatic N) is 1. The van der Waals surface area contributed by atoms with Crippen LogP contribution in [-0.2, 0) is 5.41 Å². The first-order chi connectivity index (χ1) is 27.5. The van der Waals surface area contributed by atoms with Gasteiger partial charge in [0.05, 0.1) is 0 Å². The van der Waals surface area contributed by atoms with E-state index in [1.54, 1.807) is 0 Å². The van der Waals surface area contributed by atoms with Crippen LogP contribution in [-0.4, -0.2) is 5.84 Å². The molecule has 0 fully saturated rings. The summed E-state index contributed by atoms with van der Waals surface area (Å²) in [5.41, 5.74) is 16.7. The highest BCUT2D eigenvalue weighted by molar-refractivity contribution is 6.08. The second-order valence-corrected chi connectivity index (χ2v) is 15.6. The number of rotatable bonds is 5. The maximum Gasteiger partial charge on any atom is 0.157 e. The summed E-state index contributed by atoms with van der Waals surface area (Å²) in [6, 6.07) is 65.4. The molecule has 0 amide bonds. The maximum atomic E-state index is 6.44. The third-order valence-corrected chi connectivity index (χ3v) is 12.0. The lowest BCUT2D eigenvalue weighted by atomic mass is 9.80. The number of hydrogen-bond acceptors (Lipinski definition) is 3. The standard InChI is InChI=1S/C53H38N2O/c1-53(2)44-31-39(29-30-42(44)48-45(53)32-40-17-9-10-18-41(40)47(48)36-13-5-3-6-14-36)35-23-21-33(22-24-35)34-25-27-37(28-26-34)49-51-50(43-19-11-12-20-46(43)56-51)55-52(54-49)38-15-7-4-8-16-38/h3-32,50H,1-2H3,(H,54,55). The Hall–Kier alpha value is -6.97. The summed E-state index contributed by atoms with van der Waals surface area (Å²) in [6.45, 7) is 4.76. The van der Waals surface area contributed by atoms with Crippen molar-refractivity contribution < 1.29 is 4.74 Å². The second-order valence-electron chi connectivity index (χ2n) is 15.6. The van der Waals surface area contributed by atoms with E-state index >= 15 is 0 Å². The first-order valence-corrected chi connectivity index (χ1v) is 19.4.